The van der Waals surface area contributed by atoms with Gasteiger partial charge in [-0.05, 0) is 13.0 Å². The molecule has 5 nitrogen and oxygen atoms in total. The number of hydrogen-bond donors (Lipinski definition) is 2. The Balaban J connectivity index is 2.51. The van der Waals surface area contributed by atoms with Crippen LogP contribution in [0, 0.1) is 0 Å². The topological polar surface area (TPSA) is 68.2 Å². The zero-order chi connectivity index (χ0) is 9.68. The molecule has 0 fully saturated rings. The summed E-state index contributed by atoms with van der Waals surface area (Å²) in [5.41, 5.74) is 6.60. The Kier molecular flexibility index (Phi) is 3.31. The second-order valence-electron chi connectivity index (χ2n) is 2.68. The van der Waals surface area contributed by atoms with Gasteiger partial charge in [0.15, 0.2) is 5.96 Å². The molecular formula is C8H15N5. The van der Waals surface area contributed by atoms with Gasteiger partial charge in [0.05, 0.1) is 12.2 Å². The number of nitrogens with one attached hydrogen (secondary N) is 1. The number of nitrogens with two attached hydrogens (primary N) is 1. The molecule has 0 atom stereocenters. The standard InChI is InChI=1S/C8H15N5/c1-3-10-8(9)11-6-7-4-5-12-13(7)2/h4-5H,3,6H2,1-2H3,(H3,9,10,11). The number of hydrogen-bond acceptors (Lipinski definition) is 2. The second kappa shape index (κ2) is 4.49. The van der Waals surface area contributed by atoms with Crippen LogP contribution in [0.25, 0.3) is 0 Å². The highest BCUT2D eigenvalue weighted by Gasteiger charge is 1.96. The average Bonchev–Trinajstić information content (AvgIpc) is 2.48. The van der Waals surface area contributed by atoms with E-state index in [1.165, 1.54) is 0 Å². The van der Waals surface area contributed by atoms with Gasteiger partial charge in [0.25, 0.3) is 0 Å². The van der Waals surface area contributed by atoms with Crippen molar-refractivity contribution in [3.05, 3.63) is 18.0 Å². The third-order valence-corrected chi connectivity index (χ3v) is 1.69. The van der Waals surface area contributed by atoms with E-state index in [2.05, 4.69) is 15.4 Å². The molecule has 1 heterocycles. The molecular weight excluding hydrogens is 166 g/mol. The molecule has 0 spiro atoms. The molecule has 0 aliphatic carbocycles. The highest BCUT2D eigenvalue weighted by atomic mass is 15.3. The van der Waals surface area contributed by atoms with Crippen molar-refractivity contribution in [1.82, 2.24) is 15.1 Å². The zero-order valence-corrected chi connectivity index (χ0v) is 7.99. The van der Waals surface area contributed by atoms with Gasteiger partial charge in [0.2, 0.25) is 0 Å². The number of aliphatic imine (C=N–C) groups is 1. The fraction of sp³-hybridized carbons (Fsp3) is 0.500. The molecule has 0 radical (unpaired) electrons. The average molecular weight is 181 g/mol. The summed E-state index contributed by atoms with van der Waals surface area (Å²) in [7, 11) is 1.88. The van der Waals surface area contributed by atoms with Crippen LogP contribution in [0.5, 0.6) is 0 Å². The maximum atomic E-state index is 5.56. The molecule has 0 aliphatic heterocycles. The van der Waals surface area contributed by atoms with Gasteiger partial charge in [-0.25, -0.2) is 4.99 Å². The van der Waals surface area contributed by atoms with Gasteiger partial charge in [-0.2, -0.15) is 5.10 Å². The van der Waals surface area contributed by atoms with E-state index < -0.39 is 0 Å². The summed E-state index contributed by atoms with van der Waals surface area (Å²) in [5, 5.41) is 6.95. The minimum Gasteiger partial charge on any atom is -0.370 e. The Labute approximate surface area is 77.6 Å². The first-order valence-corrected chi connectivity index (χ1v) is 4.24. The number of guanidine groups is 1. The third kappa shape index (κ3) is 2.77. The van der Waals surface area contributed by atoms with Crippen molar-refractivity contribution in [3.63, 3.8) is 0 Å². The molecule has 13 heavy (non-hydrogen) atoms. The lowest BCUT2D eigenvalue weighted by Crippen LogP contribution is -2.31. The van der Waals surface area contributed by atoms with Crippen LogP contribution in [0.4, 0.5) is 0 Å². The van der Waals surface area contributed by atoms with E-state index in [1.807, 2.05) is 20.0 Å². The minimum atomic E-state index is 0.476. The molecule has 0 unspecified atom stereocenters. The Bertz CT molecular complexity index is 288. The Morgan fingerprint density at radius 3 is 3.08 bits per heavy atom. The monoisotopic (exact) mass is 181 g/mol. The first-order valence-electron chi connectivity index (χ1n) is 4.24. The van der Waals surface area contributed by atoms with Crippen LogP contribution < -0.4 is 11.1 Å². The molecule has 0 aliphatic rings. The maximum absolute atomic E-state index is 5.56. The fourth-order valence-electron chi connectivity index (χ4n) is 0.960. The largest absolute Gasteiger partial charge is 0.370 e. The molecule has 0 aromatic carbocycles. The van der Waals surface area contributed by atoms with E-state index in [0.717, 1.165) is 12.2 Å². The van der Waals surface area contributed by atoms with E-state index in [0.29, 0.717) is 12.5 Å². The zero-order valence-electron chi connectivity index (χ0n) is 7.99. The predicted octanol–water partition coefficient (Wildman–Crippen LogP) is -0.156. The van der Waals surface area contributed by atoms with Gasteiger partial charge < -0.3 is 11.1 Å². The van der Waals surface area contributed by atoms with Crippen molar-refractivity contribution in [3.8, 4) is 0 Å². The van der Waals surface area contributed by atoms with Gasteiger partial charge in [0, 0.05) is 19.8 Å². The summed E-state index contributed by atoms with van der Waals surface area (Å²) in [5.74, 6) is 0.476. The lowest BCUT2D eigenvalue weighted by molar-refractivity contribution is 0.711. The van der Waals surface area contributed by atoms with Gasteiger partial charge in [-0.1, -0.05) is 0 Å². The third-order valence-electron chi connectivity index (χ3n) is 1.69. The molecule has 0 amide bonds. The molecule has 0 saturated heterocycles. The highest BCUT2D eigenvalue weighted by Crippen LogP contribution is 1.97. The summed E-state index contributed by atoms with van der Waals surface area (Å²) in [6.07, 6.45) is 1.74. The molecule has 1 rings (SSSR count). The number of rotatable bonds is 3. The lowest BCUT2D eigenvalue weighted by Gasteiger charge is -2.01. The van der Waals surface area contributed by atoms with Crippen molar-refractivity contribution < 1.29 is 0 Å². The summed E-state index contributed by atoms with van der Waals surface area (Å²) in [6, 6.07) is 1.92. The molecule has 1 aromatic rings. The van der Waals surface area contributed by atoms with Crippen molar-refractivity contribution in [1.29, 1.82) is 0 Å². The van der Waals surface area contributed by atoms with Crippen molar-refractivity contribution in [2.45, 2.75) is 13.5 Å². The molecule has 0 bridgehead atoms. The van der Waals surface area contributed by atoms with Gasteiger partial charge >= 0.3 is 0 Å². The Morgan fingerprint density at radius 1 is 1.77 bits per heavy atom. The van der Waals surface area contributed by atoms with Crippen LogP contribution in [0.1, 0.15) is 12.6 Å². The number of aromatic nitrogens is 2. The molecule has 72 valence electrons. The molecule has 5 heteroatoms. The fourth-order valence-corrected chi connectivity index (χ4v) is 0.960. The van der Waals surface area contributed by atoms with E-state index >= 15 is 0 Å². The van der Waals surface area contributed by atoms with Crippen molar-refractivity contribution >= 4 is 5.96 Å². The second-order valence-corrected chi connectivity index (χ2v) is 2.68. The predicted molar refractivity (Wildman–Crippen MR) is 52.2 cm³/mol. The quantitative estimate of drug-likeness (QED) is 0.503. The maximum Gasteiger partial charge on any atom is 0.188 e. The van der Waals surface area contributed by atoms with Crippen molar-refractivity contribution in [2.24, 2.45) is 17.8 Å². The molecule has 0 saturated carbocycles. The van der Waals surface area contributed by atoms with Crippen LogP contribution in [-0.2, 0) is 13.6 Å². The van der Waals surface area contributed by atoms with E-state index in [4.69, 9.17) is 5.73 Å². The lowest BCUT2D eigenvalue weighted by atomic mass is 10.4. The van der Waals surface area contributed by atoms with Crippen LogP contribution in [0.15, 0.2) is 17.3 Å². The smallest absolute Gasteiger partial charge is 0.188 e. The summed E-state index contributed by atoms with van der Waals surface area (Å²) in [4.78, 5) is 4.14. The van der Waals surface area contributed by atoms with Gasteiger partial charge in [-0.15, -0.1) is 0 Å². The SMILES string of the molecule is CCNC(N)=NCc1ccnn1C. The molecule has 1 aromatic heterocycles. The summed E-state index contributed by atoms with van der Waals surface area (Å²) >= 11 is 0. The van der Waals surface area contributed by atoms with Crippen LogP contribution in [0.2, 0.25) is 0 Å². The normalized spacial score (nSPS) is 11.7. The Morgan fingerprint density at radius 2 is 2.54 bits per heavy atom. The first kappa shape index (κ1) is 9.57. The van der Waals surface area contributed by atoms with E-state index in [9.17, 15) is 0 Å². The van der Waals surface area contributed by atoms with E-state index in [-0.39, 0.29) is 0 Å². The van der Waals surface area contributed by atoms with Crippen molar-refractivity contribution in [2.75, 3.05) is 6.54 Å². The number of aryl methyl sites for hydroxylation is 1. The van der Waals surface area contributed by atoms with Gasteiger partial charge in [0.1, 0.15) is 0 Å². The Hall–Kier alpha value is -1.52. The number of nitrogens with zero attached hydrogens (tertiary/aromatic N) is 3. The van der Waals surface area contributed by atoms with E-state index in [1.54, 1.807) is 10.9 Å². The minimum absolute atomic E-state index is 0.476. The summed E-state index contributed by atoms with van der Waals surface area (Å²) in [6.45, 7) is 3.34. The van der Waals surface area contributed by atoms with Gasteiger partial charge in [-0.3, -0.25) is 4.68 Å². The van der Waals surface area contributed by atoms with Crippen LogP contribution in [-0.4, -0.2) is 22.3 Å². The molecule has 3 N–H and O–H groups in total. The summed E-state index contributed by atoms with van der Waals surface area (Å²) < 4.78 is 1.78. The highest BCUT2D eigenvalue weighted by molar-refractivity contribution is 5.77. The first-order chi connectivity index (χ1) is 6.24. The van der Waals surface area contributed by atoms with Crippen LogP contribution in [0.3, 0.4) is 0 Å². The van der Waals surface area contributed by atoms with Crippen LogP contribution >= 0.6 is 0 Å².